The molecule has 1 atom stereocenters. The number of nitrogens with zero attached hydrogens (tertiary/aromatic N) is 6. The van der Waals surface area contributed by atoms with Gasteiger partial charge in [0.25, 0.3) is 0 Å². The van der Waals surface area contributed by atoms with Crippen LogP contribution in [0.2, 0.25) is 0 Å². The summed E-state index contributed by atoms with van der Waals surface area (Å²) in [4.78, 5) is 5.19. The number of aryl methyl sites for hydroxylation is 1. The molecule has 0 aliphatic carbocycles. The second kappa shape index (κ2) is 9.78. The van der Waals surface area contributed by atoms with Gasteiger partial charge in [0.1, 0.15) is 0 Å². The third-order valence-electron chi connectivity index (χ3n) is 5.14. The van der Waals surface area contributed by atoms with E-state index in [-0.39, 0.29) is 0 Å². The van der Waals surface area contributed by atoms with E-state index in [1.54, 1.807) is 0 Å². The van der Waals surface area contributed by atoms with Crippen molar-refractivity contribution in [2.45, 2.75) is 65.2 Å². The van der Waals surface area contributed by atoms with Crippen molar-refractivity contribution in [3.05, 3.63) is 41.7 Å². The Morgan fingerprint density at radius 2 is 2.00 bits per heavy atom. The molecule has 2 aromatic rings. The van der Waals surface area contributed by atoms with Crippen molar-refractivity contribution >= 4 is 0 Å². The first-order valence-corrected chi connectivity index (χ1v) is 10.1. The van der Waals surface area contributed by atoms with Gasteiger partial charge in [0.15, 0.2) is 5.82 Å². The SMILES string of the molecule is CCCN(Cc1nnnn1CCC)C1CCCN(Cc2ccccc2)C1. The maximum absolute atomic E-state index is 4.29. The second-order valence-corrected chi connectivity index (χ2v) is 7.31. The van der Waals surface area contributed by atoms with Crippen LogP contribution in [0.25, 0.3) is 0 Å². The monoisotopic (exact) mass is 356 g/mol. The van der Waals surface area contributed by atoms with Gasteiger partial charge in [0.05, 0.1) is 6.54 Å². The summed E-state index contributed by atoms with van der Waals surface area (Å²) in [5.74, 6) is 1.00. The fourth-order valence-corrected chi connectivity index (χ4v) is 3.90. The number of hydrogen-bond donors (Lipinski definition) is 0. The zero-order valence-corrected chi connectivity index (χ0v) is 16.2. The van der Waals surface area contributed by atoms with E-state index in [0.29, 0.717) is 6.04 Å². The van der Waals surface area contributed by atoms with Gasteiger partial charge in [-0.2, -0.15) is 0 Å². The lowest BCUT2D eigenvalue weighted by molar-refractivity contribution is 0.0846. The number of benzene rings is 1. The number of hydrogen-bond acceptors (Lipinski definition) is 5. The van der Waals surface area contributed by atoms with Gasteiger partial charge in [-0.05, 0) is 54.8 Å². The van der Waals surface area contributed by atoms with Gasteiger partial charge in [-0.25, -0.2) is 4.68 Å². The molecule has 1 aromatic carbocycles. The zero-order chi connectivity index (χ0) is 18.2. The zero-order valence-electron chi connectivity index (χ0n) is 16.2. The van der Waals surface area contributed by atoms with Crippen LogP contribution in [-0.2, 0) is 19.6 Å². The van der Waals surface area contributed by atoms with Gasteiger partial charge < -0.3 is 0 Å². The molecule has 1 unspecified atom stereocenters. The summed E-state index contributed by atoms with van der Waals surface area (Å²) < 4.78 is 1.97. The minimum Gasteiger partial charge on any atom is -0.298 e. The van der Waals surface area contributed by atoms with Crippen LogP contribution in [0.4, 0.5) is 0 Å². The molecule has 0 spiro atoms. The molecule has 6 nitrogen and oxygen atoms in total. The van der Waals surface area contributed by atoms with E-state index in [2.05, 4.69) is 69.5 Å². The van der Waals surface area contributed by atoms with Crippen LogP contribution in [0, 0.1) is 0 Å². The molecule has 1 fully saturated rings. The fourth-order valence-electron chi connectivity index (χ4n) is 3.90. The van der Waals surface area contributed by atoms with Gasteiger partial charge in [0, 0.05) is 25.7 Å². The van der Waals surface area contributed by atoms with Crippen molar-refractivity contribution in [1.82, 2.24) is 30.0 Å². The first-order chi connectivity index (χ1) is 12.8. The third-order valence-corrected chi connectivity index (χ3v) is 5.14. The Balaban J connectivity index is 1.64. The van der Waals surface area contributed by atoms with Crippen LogP contribution in [0.5, 0.6) is 0 Å². The molecule has 3 rings (SSSR count). The van der Waals surface area contributed by atoms with Crippen molar-refractivity contribution < 1.29 is 0 Å². The number of aromatic nitrogens is 4. The molecule has 0 bridgehead atoms. The van der Waals surface area contributed by atoms with Crippen molar-refractivity contribution in [2.75, 3.05) is 19.6 Å². The molecule has 1 aromatic heterocycles. The maximum atomic E-state index is 4.29. The molecule has 26 heavy (non-hydrogen) atoms. The smallest absolute Gasteiger partial charge is 0.165 e. The summed E-state index contributed by atoms with van der Waals surface area (Å²) in [6.07, 6.45) is 4.74. The molecule has 1 saturated heterocycles. The predicted molar refractivity (Wildman–Crippen MR) is 104 cm³/mol. The van der Waals surface area contributed by atoms with Crippen molar-refractivity contribution in [3.8, 4) is 0 Å². The van der Waals surface area contributed by atoms with Crippen LogP contribution in [0.3, 0.4) is 0 Å². The Hall–Kier alpha value is -1.79. The highest BCUT2D eigenvalue weighted by atomic mass is 15.5. The second-order valence-electron chi connectivity index (χ2n) is 7.31. The lowest BCUT2D eigenvalue weighted by Crippen LogP contribution is -2.47. The Morgan fingerprint density at radius 1 is 1.15 bits per heavy atom. The molecule has 1 aliphatic rings. The average Bonchev–Trinajstić information content (AvgIpc) is 3.10. The van der Waals surface area contributed by atoms with E-state index in [4.69, 9.17) is 0 Å². The first kappa shape index (κ1) is 19.0. The van der Waals surface area contributed by atoms with E-state index in [0.717, 1.165) is 51.4 Å². The average molecular weight is 357 g/mol. The number of likely N-dealkylation sites (tertiary alicyclic amines) is 1. The van der Waals surface area contributed by atoms with Crippen molar-refractivity contribution in [3.63, 3.8) is 0 Å². The van der Waals surface area contributed by atoms with Gasteiger partial charge >= 0.3 is 0 Å². The number of tetrazole rings is 1. The summed E-state index contributed by atoms with van der Waals surface area (Å²) in [6.45, 7) is 10.6. The van der Waals surface area contributed by atoms with Gasteiger partial charge in [-0.1, -0.05) is 44.2 Å². The van der Waals surface area contributed by atoms with Crippen LogP contribution in [0.1, 0.15) is 50.9 Å². The first-order valence-electron chi connectivity index (χ1n) is 10.1. The van der Waals surface area contributed by atoms with E-state index in [9.17, 15) is 0 Å². The molecule has 1 aliphatic heterocycles. The van der Waals surface area contributed by atoms with Crippen molar-refractivity contribution in [1.29, 1.82) is 0 Å². The highest BCUT2D eigenvalue weighted by Gasteiger charge is 2.26. The topological polar surface area (TPSA) is 50.1 Å². The van der Waals surface area contributed by atoms with E-state index >= 15 is 0 Å². The van der Waals surface area contributed by atoms with E-state index in [1.807, 2.05) is 4.68 Å². The highest BCUT2D eigenvalue weighted by Crippen LogP contribution is 2.20. The Labute approximate surface area is 157 Å². The van der Waals surface area contributed by atoms with Crippen LogP contribution in [0.15, 0.2) is 30.3 Å². The Kier molecular flexibility index (Phi) is 7.14. The molecular formula is C20H32N6. The minimum absolute atomic E-state index is 0.583. The fraction of sp³-hybridized carbons (Fsp3) is 0.650. The standard InChI is InChI=1S/C20H32N6/c1-3-12-25(17-20-21-22-23-26(20)13-4-2)19-11-8-14-24(16-19)15-18-9-6-5-7-10-18/h5-7,9-10,19H,3-4,8,11-17H2,1-2H3. The minimum atomic E-state index is 0.583. The summed E-state index contributed by atoms with van der Waals surface area (Å²) >= 11 is 0. The summed E-state index contributed by atoms with van der Waals surface area (Å²) in [5.41, 5.74) is 1.40. The molecule has 0 saturated carbocycles. The quantitative estimate of drug-likeness (QED) is 0.691. The molecule has 0 radical (unpaired) electrons. The van der Waals surface area contributed by atoms with Crippen LogP contribution in [-0.4, -0.2) is 55.7 Å². The lowest BCUT2D eigenvalue weighted by Gasteiger charge is -2.39. The van der Waals surface area contributed by atoms with E-state index in [1.165, 1.54) is 24.9 Å². The maximum Gasteiger partial charge on any atom is 0.165 e. The largest absolute Gasteiger partial charge is 0.298 e. The Morgan fingerprint density at radius 3 is 2.77 bits per heavy atom. The highest BCUT2D eigenvalue weighted by molar-refractivity contribution is 5.14. The van der Waals surface area contributed by atoms with Gasteiger partial charge in [-0.15, -0.1) is 5.10 Å². The van der Waals surface area contributed by atoms with Crippen LogP contribution >= 0.6 is 0 Å². The van der Waals surface area contributed by atoms with Gasteiger partial charge in [-0.3, -0.25) is 9.80 Å². The van der Waals surface area contributed by atoms with E-state index < -0.39 is 0 Å². The summed E-state index contributed by atoms with van der Waals surface area (Å²) in [6, 6.07) is 11.4. The number of piperidine rings is 1. The molecule has 142 valence electrons. The molecular weight excluding hydrogens is 324 g/mol. The lowest BCUT2D eigenvalue weighted by atomic mass is 10.0. The summed E-state index contributed by atoms with van der Waals surface area (Å²) in [5, 5.41) is 12.3. The molecule has 2 heterocycles. The molecule has 0 N–H and O–H groups in total. The third kappa shape index (κ3) is 5.11. The molecule has 0 amide bonds. The predicted octanol–water partition coefficient (Wildman–Crippen LogP) is 2.96. The number of rotatable bonds is 9. The normalized spacial score (nSPS) is 18.5. The van der Waals surface area contributed by atoms with Crippen LogP contribution < -0.4 is 0 Å². The van der Waals surface area contributed by atoms with Gasteiger partial charge in [0.2, 0.25) is 0 Å². The Bertz CT molecular complexity index is 641. The van der Waals surface area contributed by atoms with Crippen molar-refractivity contribution in [2.24, 2.45) is 0 Å². The summed E-state index contributed by atoms with van der Waals surface area (Å²) in [7, 11) is 0. The molecule has 6 heteroatoms.